The molecule has 0 aromatic heterocycles. The smallest absolute Gasteiger partial charge is 0.248 e. The molecule has 1 aromatic carbocycles. The summed E-state index contributed by atoms with van der Waals surface area (Å²) in [5.41, 5.74) is 6.33. The summed E-state index contributed by atoms with van der Waals surface area (Å²) >= 11 is 0. The van der Waals surface area contributed by atoms with Crippen LogP contribution in [-0.4, -0.2) is 35.8 Å². The minimum absolute atomic E-state index is 0.00704. The Morgan fingerprint density at radius 3 is 2.14 bits per heavy atom. The quantitative estimate of drug-likeness (QED) is 0.896. The van der Waals surface area contributed by atoms with Gasteiger partial charge in [-0.3, -0.25) is 14.5 Å². The summed E-state index contributed by atoms with van der Waals surface area (Å²) in [5, 5.41) is 2.91. The molecule has 1 heterocycles. The number of anilines is 1. The molecule has 0 aliphatic carbocycles. The molecule has 2 rings (SSSR count). The van der Waals surface area contributed by atoms with Crippen LogP contribution in [0.5, 0.6) is 0 Å². The summed E-state index contributed by atoms with van der Waals surface area (Å²) in [5.74, 6) is -0.473. The molecule has 0 spiro atoms. The summed E-state index contributed by atoms with van der Waals surface area (Å²) in [7, 11) is 0. The van der Waals surface area contributed by atoms with Gasteiger partial charge in [0.1, 0.15) is 0 Å². The van der Waals surface area contributed by atoms with Crippen molar-refractivity contribution < 1.29 is 9.59 Å². The van der Waals surface area contributed by atoms with Crippen LogP contribution in [0, 0.1) is 0 Å². The Labute approximate surface area is 131 Å². The number of primary amides is 1. The van der Waals surface area contributed by atoms with Crippen LogP contribution >= 0.6 is 0 Å². The van der Waals surface area contributed by atoms with E-state index in [4.69, 9.17) is 5.73 Å². The van der Waals surface area contributed by atoms with E-state index in [1.807, 2.05) is 6.92 Å². The van der Waals surface area contributed by atoms with Crippen molar-refractivity contribution in [1.29, 1.82) is 0 Å². The van der Waals surface area contributed by atoms with Crippen molar-refractivity contribution in [2.45, 2.75) is 45.1 Å². The Hall–Kier alpha value is -1.88. The van der Waals surface area contributed by atoms with Gasteiger partial charge in [0.2, 0.25) is 11.8 Å². The van der Waals surface area contributed by atoms with Gasteiger partial charge in [0.25, 0.3) is 0 Å². The van der Waals surface area contributed by atoms with Crippen molar-refractivity contribution in [2.75, 3.05) is 18.4 Å². The van der Waals surface area contributed by atoms with Gasteiger partial charge in [-0.05, 0) is 57.1 Å². The number of likely N-dealkylation sites (tertiary alicyclic amines) is 1. The van der Waals surface area contributed by atoms with Crippen LogP contribution < -0.4 is 11.1 Å². The second-order valence-electron chi connectivity index (χ2n) is 5.91. The van der Waals surface area contributed by atoms with Crippen molar-refractivity contribution in [3.05, 3.63) is 29.8 Å². The molecule has 2 amide bonds. The highest BCUT2D eigenvalue weighted by molar-refractivity contribution is 5.96. The van der Waals surface area contributed by atoms with Gasteiger partial charge < -0.3 is 11.1 Å². The topological polar surface area (TPSA) is 75.4 Å². The van der Waals surface area contributed by atoms with Crippen LogP contribution in [0.25, 0.3) is 0 Å². The number of hydrogen-bond acceptors (Lipinski definition) is 3. The molecular weight excluding hydrogens is 278 g/mol. The predicted molar refractivity (Wildman–Crippen MR) is 87.7 cm³/mol. The highest BCUT2D eigenvalue weighted by Gasteiger charge is 2.21. The third kappa shape index (κ3) is 4.56. The first-order valence-corrected chi connectivity index (χ1v) is 8.02. The van der Waals surface area contributed by atoms with E-state index in [0.717, 1.165) is 25.9 Å². The molecule has 0 radical (unpaired) electrons. The third-order valence-corrected chi connectivity index (χ3v) is 4.25. The largest absolute Gasteiger partial charge is 0.366 e. The number of benzene rings is 1. The van der Waals surface area contributed by atoms with Crippen molar-refractivity contribution in [3.63, 3.8) is 0 Å². The fraction of sp³-hybridized carbons (Fsp3) is 0.529. The Kier molecular flexibility index (Phi) is 5.95. The number of carbonyl (C=O) groups is 2. The number of amides is 2. The Morgan fingerprint density at radius 1 is 1.05 bits per heavy atom. The lowest BCUT2D eigenvalue weighted by molar-refractivity contribution is -0.120. The van der Waals surface area contributed by atoms with Crippen molar-refractivity contribution in [1.82, 2.24) is 4.90 Å². The summed E-state index contributed by atoms with van der Waals surface area (Å²) in [6.45, 7) is 3.92. The van der Waals surface area contributed by atoms with Crippen LogP contribution in [0.1, 0.15) is 49.4 Å². The van der Waals surface area contributed by atoms with Gasteiger partial charge in [0.05, 0.1) is 6.04 Å². The Bertz CT molecular complexity index is 505. The molecule has 1 aromatic rings. The molecule has 22 heavy (non-hydrogen) atoms. The van der Waals surface area contributed by atoms with Crippen LogP contribution in [0.3, 0.4) is 0 Å². The number of nitrogens with one attached hydrogen (secondary N) is 1. The normalized spacial score (nSPS) is 18.0. The number of hydrogen-bond donors (Lipinski definition) is 2. The highest BCUT2D eigenvalue weighted by atomic mass is 16.2. The molecule has 0 saturated carbocycles. The average Bonchev–Trinajstić information content (AvgIpc) is 2.47. The number of nitrogens with two attached hydrogens (primary N) is 1. The molecule has 120 valence electrons. The van der Waals surface area contributed by atoms with Gasteiger partial charge in [0.15, 0.2) is 0 Å². The van der Waals surface area contributed by atoms with Gasteiger partial charge in [-0.15, -0.1) is 0 Å². The van der Waals surface area contributed by atoms with Crippen LogP contribution in [0.2, 0.25) is 0 Å². The number of nitrogens with zero attached hydrogens (tertiary/aromatic N) is 1. The summed E-state index contributed by atoms with van der Waals surface area (Å²) in [6.07, 6.45) is 6.12. The van der Waals surface area contributed by atoms with E-state index in [0.29, 0.717) is 11.3 Å². The SMILES string of the molecule is C[C@H](C(=O)Nc1ccc(C(N)=O)cc1)N1CCCCCCC1. The average molecular weight is 303 g/mol. The fourth-order valence-electron chi connectivity index (χ4n) is 2.79. The lowest BCUT2D eigenvalue weighted by atomic mass is 10.1. The maximum Gasteiger partial charge on any atom is 0.248 e. The maximum atomic E-state index is 12.4. The molecule has 5 nitrogen and oxygen atoms in total. The van der Waals surface area contributed by atoms with Gasteiger partial charge in [0, 0.05) is 11.3 Å². The second-order valence-corrected chi connectivity index (χ2v) is 5.91. The third-order valence-electron chi connectivity index (χ3n) is 4.25. The van der Waals surface area contributed by atoms with Gasteiger partial charge in [-0.2, -0.15) is 0 Å². The van der Waals surface area contributed by atoms with E-state index in [9.17, 15) is 9.59 Å². The monoisotopic (exact) mass is 303 g/mol. The summed E-state index contributed by atoms with van der Waals surface area (Å²) in [4.78, 5) is 25.7. The predicted octanol–water partition coefficient (Wildman–Crippen LogP) is 2.38. The lowest BCUT2D eigenvalue weighted by Gasteiger charge is -2.29. The zero-order valence-electron chi connectivity index (χ0n) is 13.2. The Morgan fingerprint density at radius 2 is 1.59 bits per heavy atom. The zero-order chi connectivity index (χ0) is 15.9. The zero-order valence-corrected chi connectivity index (χ0v) is 13.2. The second kappa shape index (κ2) is 7.94. The molecule has 5 heteroatoms. The van der Waals surface area contributed by atoms with E-state index < -0.39 is 5.91 Å². The molecule has 1 fully saturated rings. The van der Waals surface area contributed by atoms with E-state index in [-0.39, 0.29) is 11.9 Å². The minimum Gasteiger partial charge on any atom is -0.366 e. The van der Waals surface area contributed by atoms with E-state index in [1.165, 1.54) is 19.3 Å². The van der Waals surface area contributed by atoms with E-state index in [2.05, 4.69) is 10.2 Å². The van der Waals surface area contributed by atoms with Crippen molar-refractivity contribution in [3.8, 4) is 0 Å². The number of rotatable bonds is 4. The van der Waals surface area contributed by atoms with Gasteiger partial charge >= 0.3 is 0 Å². The van der Waals surface area contributed by atoms with Crippen LogP contribution in [0.15, 0.2) is 24.3 Å². The van der Waals surface area contributed by atoms with Gasteiger partial charge in [-0.1, -0.05) is 19.3 Å². The highest BCUT2D eigenvalue weighted by Crippen LogP contribution is 2.15. The molecule has 1 aliphatic rings. The number of carbonyl (C=O) groups excluding carboxylic acids is 2. The summed E-state index contributed by atoms with van der Waals surface area (Å²) in [6, 6.07) is 6.52. The van der Waals surface area contributed by atoms with Crippen LogP contribution in [-0.2, 0) is 4.79 Å². The molecule has 1 aliphatic heterocycles. The molecular formula is C17H25N3O2. The molecule has 0 unspecified atom stereocenters. The molecule has 1 atom stereocenters. The first-order chi connectivity index (χ1) is 10.6. The standard InChI is InChI=1S/C17H25N3O2/c1-13(20-11-5-3-2-4-6-12-20)17(22)19-15-9-7-14(8-10-15)16(18)21/h7-10,13H,2-6,11-12H2,1H3,(H2,18,21)(H,19,22)/t13-/m1/s1. The maximum absolute atomic E-state index is 12.4. The van der Waals surface area contributed by atoms with E-state index in [1.54, 1.807) is 24.3 Å². The minimum atomic E-state index is -0.466. The van der Waals surface area contributed by atoms with Crippen molar-refractivity contribution in [2.24, 2.45) is 5.73 Å². The molecule has 3 N–H and O–H groups in total. The van der Waals surface area contributed by atoms with E-state index >= 15 is 0 Å². The lowest BCUT2D eigenvalue weighted by Crippen LogP contribution is -2.43. The molecule has 0 bridgehead atoms. The van der Waals surface area contributed by atoms with Gasteiger partial charge in [-0.25, -0.2) is 0 Å². The summed E-state index contributed by atoms with van der Waals surface area (Å²) < 4.78 is 0. The van der Waals surface area contributed by atoms with Crippen molar-refractivity contribution >= 4 is 17.5 Å². The molecule has 1 saturated heterocycles. The Balaban J connectivity index is 1.93. The van der Waals surface area contributed by atoms with Crippen LogP contribution in [0.4, 0.5) is 5.69 Å². The first kappa shape index (κ1) is 16.5. The fourth-order valence-corrected chi connectivity index (χ4v) is 2.79. The first-order valence-electron chi connectivity index (χ1n) is 8.02.